The second-order valence-electron chi connectivity index (χ2n) is 9.18. The Kier molecular flexibility index (Phi) is 6.07. The number of nitrogens with one attached hydrogen (secondary N) is 1. The normalized spacial score (nSPS) is 17.5. The molecule has 2 aromatic carbocycles. The predicted molar refractivity (Wildman–Crippen MR) is 146 cm³/mol. The summed E-state index contributed by atoms with van der Waals surface area (Å²) >= 11 is 5.92. The van der Waals surface area contributed by atoms with Crippen molar-refractivity contribution in [3.8, 4) is 11.4 Å². The summed E-state index contributed by atoms with van der Waals surface area (Å²) in [5.74, 6) is 0.784. The molecule has 5 rings (SSSR count). The van der Waals surface area contributed by atoms with Crippen LogP contribution in [0.15, 0.2) is 72.9 Å². The van der Waals surface area contributed by atoms with Crippen LogP contribution >= 0.6 is 12.2 Å². The van der Waals surface area contributed by atoms with Gasteiger partial charge in [0.05, 0.1) is 30.6 Å². The Labute approximate surface area is 212 Å². The number of ether oxygens (including phenoxy) is 1. The first-order valence-electron chi connectivity index (χ1n) is 11.8. The van der Waals surface area contributed by atoms with E-state index >= 15 is 0 Å². The zero-order valence-electron chi connectivity index (χ0n) is 20.7. The molecular weight excluding hydrogens is 452 g/mol. The van der Waals surface area contributed by atoms with Crippen LogP contribution in [0.4, 0.5) is 5.69 Å². The van der Waals surface area contributed by atoms with Gasteiger partial charge in [0, 0.05) is 23.3 Å². The number of pyridine rings is 1. The van der Waals surface area contributed by atoms with E-state index < -0.39 is 0 Å². The monoisotopic (exact) mass is 482 g/mol. The van der Waals surface area contributed by atoms with Crippen molar-refractivity contribution in [2.45, 2.75) is 39.8 Å². The Bertz CT molecular complexity index is 1380. The van der Waals surface area contributed by atoms with E-state index in [1.165, 1.54) is 33.8 Å². The lowest BCUT2D eigenvalue weighted by molar-refractivity contribution is 0.414. The number of nitrogens with zero attached hydrogens (tertiary/aromatic N) is 3. The van der Waals surface area contributed by atoms with Crippen LogP contribution in [0.5, 0.6) is 5.75 Å². The molecule has 178 valence electrons. The van der Waals surface area contributed by atoms with Crippen LogP contribution in [0.2, 0.25) is 0 Å². The molecule has 5 nitrogen and oxygen atoms in total. The lowest BCUT2D eigenvalue weighted by atomic mass is 9.96. The van der Waals surface area contributed by atoms with Gasteiger partial charge in [0.15, 0.2) is 5.11 Å². The molecule has 0 spiro atoms. The molecule has 0 aliphatic carbocycles. The van der Waals surface area contributed by atoms with Gasteiger partial charge < -0.3 is 19.5 Å². The molecule has 6 heteroatoms. The largest absolute Gasteiger partial charge is 0.495 e. The number of hydrogen-bond donors (Lipinski definition) is 1. The first-order chi connectivity index (χ1) is 16.9. The van der Waals surface area contributed by atoms with Crippen molar-refractivity contribution in [2.24, 2.45) is 0 Å². The first-order valence-corrected chi connectivity index (χ1v) is 12.2. The van der Waals surface area contributed by atoms with Gasteiger partial charge in [-0.25, -0.2) is 0 Å². The third-order valence-electron chi connectivity index (χ3n) is 6.70. The standard InChI is InChI=1S/C29H30N4OS/c1-18-14-19(2)16-22(15-18)32-20(3)17-23(21(32)4)28-27(24-10-8-9-13-30-24)31-29(35)33(28)25-11-6-7-12-26(25)34-5/h6-17,27-28H,1-5H3,(H,31,35)/t27-,28-/m1/s1. The molecule has 1 aliphatic rings. The number of methoxy groups -OCH3 is 1. The smallest absolute Gasteiger partial charge is 0.174 e. The Morgan fingerprint density at radius 3 is 2.31 bits per heavy atom. The molecule has 4 aromatic rings. The van der Waals surface area contributed by atoms with Crippen molar-refractivity contribution < 1.29 is 4.74 Å². The van der Waals surface area contributed by atoms with E-state index in [1.807, 2.05) is 36.5 Å². The second kappa shape index (κ2) is 9.19. The van der Waals surface area contributed by atoms with Crippen LogP contribution in [-0.4, -0.2) is 21.8 Å². The van der Waals surface area contributed by atoms with Crippen LogP contribution in [0.3, 0.4) is 0 Å². The molecule has 2 aromatic heterocycles. The van der Waals surface area contributed by atoms with Gasteiger partial charge in [-0.15, -0.1) is 0 Å². The number of hydrogen-bond acceptors (Lipinski definition) is 3. The van der Waals surface area contributed by atoms with E-state index in [2.05, 4.69) is 78.9 Å². The maximum absolute atomic E-state index is 5.92. The van der Waals surface area contributed by atoms with E-state index in [1.54, 1.807) is 7.11 Å². The highest BCUT2D eigenvalue weighted by molar-refractivity contribution is 7.80. The minimum absolute atomic E-state index is 0.0976. The van der Waals surface area contributed by atoms with Crippen molar-refractivity contribution in [3.63, 3.8) is 0 Å². The van der Waals surface area contributed by atoms with E-state index in [4.69, 9.17) is 21.9 Å². The highest BCUT2D eigenvalue weighted by Crippen LogP contribution is 2.46. The van der Waals surface area contributed by atoms with Crippen molar-refractivity contribution in [1.29, 1.82) is 0 Å². The summed E-state index contributed by atoms with van der Waals surface area (Å²) in [6.07, 6.45) is 1.84. The minimum Gasteiger partial charge on any atom is -0.495 e. The fourth-order valence-electron chi connectivity index (χ4n) is 5.32. The first kappa shape index (κ1) is 23.1. The fraction of sp³-hybridized carbons (Fsp3) is 0.241. The third kappa shape index (κ3) is 4.08. The van der Waals surface area contributed by atoms with Gasteiger partial charge in [-0.2, -0.15) is 0 Å². The Balaban J connectivity index is 1.71. The second-order valence-corrected chi connectivity index (χ2v) is 9.56. The molecule has 0 amide bonds. The molecule has 1 N–H and O–H groups in total. The average molecular weight is 483 g/mol. The molecule has 1 fully saturated rings. The van der Waals surface area contributed by atoms with Gasteiger partial charge in [-0.05, 0) is 99.1 Å². The number of anilines is 1. The van der Waals surface area contributed by atoms with Crippen LogP contribution in [0, 0.1) is 27.7 Å². The molecule has 0 saturated carbocycles. The Hall–Kier alpha value is -3.64. The topological polar surface area (TPSA) is 42.3 Å². The Morgan fingerprint density at radius 2 is 1.63 bits per heavy atom. The van der Waals surface area contributed by atoms with Crippen molar-refractivity contribution in [1.82, 2.24) is 14.9 Å². The molecular formula is C29H30N4OS. The summed E-state index contributed by atoms with van der Waals surface area (Å²) in [6, 6.07) is 22.8. The molecule has 2 atom stereocenters. The van der Waals surface area contributed by atoms with Gasteiger partial charge in [-0.1, -0.05) is 24.3 Å². The summed E-state index contributed by atoms with van der Waals surface area (Å²) in [4.78, 5) is 6.88. The maximum atomic E-state index is 5.92. The lowest BCUT2D eigenvalue weighted by Crippen LogP contribution is -2.30. The summed E-state index contributed by atoms with van der Waals surface area (Å²) in [5, 5.41) is 4.22. The van der Waals surface area contributed by atoms with Gasteiger partial charge in [0.25, 0.3) is 0 Å². The van der Waals surface area contributed by atoms with E-state index in [-0.39, 0.29) is 12.1 Å². The number of benzene rings is 2. The molecule has 1 saturated heterocycles. The van der Waals surface area contributed by atoms with Crippen LogP contribution in [-0.2, 0) is 0 Å². The van der Waals surface area contributed by atoms with Crippen LogP contribution in [0.25, 0.3) is 5.69 Å². The average Bonchev–Trinajstić information content (AvgIpc) is 3.33. The number of rotatable bonds is 5. The summed E-state index contributed by atoms with van der Waals surface area (Å²) < 4.78 is 8.08. The molecule has 1 aliphatic heterocycles. The predicted octanol–water partition coefficient (Wildman–Crippen LogP) is 6.29. The molecule has 0 unspecified atom stereocenters. The van der Waals surface area contributed by atoms with Gasteiger partial charge in [0.2, 0.25) is 0 Å². The van der Waals surface area contributed by atoms with E-state index in [9.17, 15) is 0 Å². The number of para-hydroxylation sites is 2. The molecule has 0 radical (unpaired) electrons. The van der Waals surface area contributed by atoms with Crippen LogP contribution in [0.1, 0.15) is 45.9 Å². The lowest BCUT2D eigenvalue weighted by Gasteiger charge is -2.29. The minimum atomic E-state index is -0.109. The SMILES string of the molecule is COc1ccccc1N1C(=S)N[C@H](c2ccccn2)[C@H]1c1cc(C)n(-c2cc(C)cc(C)c2)c1C. The van der Waals surface area contributed by atoms with Crippen LogP contribution < -0.4 is 15.0 Å². The maximum Gasteiger partial charge on any atom is 0.174 e. The van der Waals surface area contributed by atoms with Crippen molar-refractivity contribution in [2.75, 3.05) is 12.0 Å². The van der Waals surface area contributed by atoms with E-state index in [0.29, 0.717) is 5.11 Å². The molecule has 35 heavy (non-hydrogen) atoms. The Morgan fingerprint density at radius 1 is 0.914 bits per heavy atom. The molecule has 0 bridgehead atoms. The fourth-order valence-corrected chi connectivity index (χ4v) is 5.66. The van der Waals surface area contributed by atoms with E-state index in [0.717, 1.165) is 17.1 Å². The number of aromatic nitrogens is 2. The summed E-state index contributed by atoms with van der Waals surface area (Å²) in [5.41, 5.74) is 9.14. The van der Waals surface area contributed by atoms with Gasteiger partial charge >= 0.3 is 0 Å². The molecule has 3 heterocycles. The summed E-state index contributed by atoms with van der Waals surface area (Å²) in [6.45, 7) is 8.65. The third-order valence-corrected chi connectivity index (χ3v) is 7.01. The number of thiocarbonyl (C=S) groups is 1. The van der Waals surface area contributed by atoms with Crippen molar-refractivity contribution >= 4 is 23.0 Å². The highest BCUT2D eigenvalue weighted by atomic mass is 32.1. The van der Waals surface area contributed by atoms with Crippen molar-refractivity contribution in [3.05, 3.63) is 107 Å². The highest BCUT2D eigenvalue weighted by Gasteiger charge is 2.43. The quantitative estimate of drug-likeness (QED) is 0.339. The summed E-state index contributed by atoms with van der Waals surface area (Å²) in [7, 11) is 1.70. The number of aryl methyl sites for hydroxylation is 3. The van der Waals surface area contributed by atoms with Gasteiger partial charge in [0.1, 0.15) is 5.75 Å². The zero-order chi connectivity index (χ0) is 24.7. The van der Waals surface area contributed by atoms with Gasteiger partial charge in [-0.3, -0.25) is 4.98 Å². The zero-order valence-corrected chi connectivity index (χ0v) is 21.6.